The van der Waals surface area contributed by atoms with Crippen molar-refractivity contribution in [3.63, 3.8) is 0 Å². The molecule has 4 unspecified atom stereocenters. The van der Waals surface area contributed by atoms with Crippen LogP contribution in [0.3, 0.4) is 0 Å². The first-order valence-electron chi connectivity index (χ1n) is 16.0. The number of aryl methyl sites for hydroxylation is 3. The molecule has 1 aromatic heterocycles. The van der Waals surface area contributed by atoms with Crippen LogP contribution in [0.5, 0.6) is 5.75 Å². The third-order valence-corrected chi connectivity index (χ3v) is 11.0. The zero-order valence-electron chi connectivity index (χ0n) is 25.0. The summed E-state index contributed by atoms with van der Waals surface area (Å²) in [6, 6.07) is 10.7. The number of hydrogen-bond donors (Lipinski definition) is 3. The van der Waals surface area contributed by atoms with Gasteiger partial charge < -0.3 is 15.4 Å². The normalized spacial score (nSPS) is 27.0. The molecule has 2 aromatic carbocycles. The lowest BCUT2D eigenvalue weighted by molar-refractivity contribution is -0.129. The first-order chi connectivity index (χ1) is 19.8. The van der Waals surface area contributed by atoms with E-state index in [1.165, 1.54) is 33.2 Å². The van der Waals surface area contributed by atoms with Crippen LogP contribution in [0.25, 0.3) is 10.9 Å². The number of aromatic amines is 1. The van der Waals surface area contributed by atoms with E-state index in [0.29, 0.717) is 54.6 Å². The highest BCUT2D eigenvalue weighted by atomic mass is 16.3. The molecule has 3 aromatic rings. The number of hydrogen-bond acceptors (Lipinski definition) is 3. The highest BCUT2D eigenvalue weighted by Crippen LogP contribution is 2.62. The Balaban J connectivity index is 1.07. The van der Waals surface area contributed by atoms with Crippen LogP contribution in [0.15, 0.2) is 36.5 Å². The monoisotopic (exact) mass is 554 g/mol. The van der Waals surface area contributed by atoms with E-state index in [1.54, 1.807) is 0 Å². The van der Waals surface area contributed by atoms with Gasteiger partial charge in [-0.15, -0.1) is 0 Å². The Morgan fingerprint density at radius 3 is 2.85 bits per heavy atom. The van der Waals surface area contributed by atoms with E-state index in [4.69, 9.17) is 0 Å². The summed E-state index contributed by atoms with van der Waals surface area (Å²) in [6.45, 7) is 7.15. The molecule has 41 heavy (non-hydrogen) atoms. The second kappa shape index (κ2) is 11.3. The van der Waals surface area contributed by atoms with Gasteiger partial charge in [0.05, 0.1) is 0 Å². The van der Waals surface area contributed by atoms with Gasteiger partial charge in [-0.1, -0.05) is 44.5 Å². The molecule has 0 spiro atoms. The van der Waals surface area contributed by atoms with Gasteiger partial charge in [0.25, 0.3) is 0 Å². The number of amides is 1. The van der Waals surface area contributed by atoms with Crippen LogP contribution in [0, 0.1) is 30.1 Å². The zero-order valence-corrected chi connectivity index (χ0v) is 25.0. The van der Waals surface area contributed by atoms with Crippen molar-refractivity contribution in [2.75, 3.05) is 6.54 Å². The van der Waals surface area contributed by atoms with Crippen LogP contribution in [0.2, 0.25) is 0 Å². The molecule has 0 bridgehead atoms. The summed E-state index contributed by atoms with van der Waals surface area (Å²) in [5.74, 6) is 2.80. The average Bonchev–Trinajstić information content (AvgIpc) is 3.48. The highest BCUT2D eigenvalue weighted by molar-refractivity contribution is 5.88. The topological polar surface area (TPSA) is 82.2 Å². The van der Waals surface area contributed by atoms with Crippen molar-refractivity contribution in [1.29, 1.82) is 0 Å². The van der Waals surface area contributed by atoms with Gasteiger partial charge in [0, 0.05) is 41.9 Å². The molecular weight excluding hydrogens is 508 g/mol. The number of fused-ring (bicyclic) bond motifs is 6. The maximum absolute atomic E-state index is 13.4. The molecule has 6 rings (SSSR count). The van der Waals surface area contributed by atoms with Crippen molar-refractivity contribution in [3.8, 4) is 5.75 Å². The number of aromatic nitrogens is 1. The lowest BCUT2D eigenvalue weighted by atomic mass is 9.54. The fourth-order valence-electron chi connectivity index (χ4n) is 8.97. The molecule has 5 nitrogen and oxygen atoms in total. The van der Waals surface area contributed by atoms with Crippen LogP contribution >= 0.6 is 0 Å². The summed E-state index contributed by atoms with van der Waals surface area (Å²) in [7, 11) is 0. The molecule has 0 saturated heterocycles. The Morgan fingerprint density at radius 1 is 1.17 bits per heavy atom. The Morgan fingerprint density at radius 2 is 2.02 bits per heavy atom. The molecular formula is C36H46N2O3. The smallest absolute Gasteiger partial charge is 0.220 e. The largest absolute Gasteiger partial charge is 0.508 e. The minimum atomic E-state index is -0.216. The van der Waals surface area contributed by atoms with Gasteiger partial charge >= 0.3 is 0 Å². The molecule has 0 radical (unpaired) electrons. The predicted octanol–water partition coefficient (Wildman–Crippen LogP) is 7.31. The zero-order chi connectivity index (χ0) is 28.7. The van der Waals surface area contributed by atoms with Crippen LogP contribution in [-0.2, 0) is 28.9 Å². The molecule has 3 aliphatic carbocycles. The fourth-order valence-corrected chi connectivity index (χ4v) is 8.97. The second-order valence-electron chi connectivity index (χ2n) is 13.4. The number of aromatic hydroxyl groups is 1. The quantitative estimate of drug-likeness (QED) is 0.259. The first-order valence-corrected chi connectivity index (χ1v) is 16.0. The Bertz CT molecular complexity index is 1450. The number of phenolic OH excluding ortho intramolecular Hbond substituents is 1. The lowest BCUT2D eigenvalue weighted by Crippen LogP contribution is -2.44. The maximum Gasteiger partial charge on any atom is 0.220 e. The van der Waals surface area contributed by atoms with Gasteiger partial charge in [-0.25, -0.2) is 0 Å². The summed E-state index contributed by atoms with van der Waals surface area (Å²) < 4.78 is 0. The van der Waals surface area contributed by atoms with E-state index in [0.717, 1.165) is 63.4 Å². The van der Waals surface area contributed by atoms with E-state index in [1.807, 2.05) is 6.07 Å². The van der Waals surface area contributed by atoms with Crippen molar-refractivity contribution in [2.45, 2.75) is 97.3 Å². The Labute approximate surface area is 244 Å². The van der Waals surface area contributed by atoms with E-state index in [9.17, 15) is 14.7 Å². The average molecular weight is 555 g/mol. The molecule has 5 heteroatoms. The second-order valence-corrected chi connectivity index (χ2v) is 13.4. The molecule has 2 saturated carbocycles. The summed E-state index contributed by atoms with van der Waals surface area (Å²) in [6.07, 6.45) is 11.9. The summed E-state index contributed by atoms with van der Waals surface area (Å²) >= 11 is 0. The summed E-state index contributed by atoms with van der Waals surface area (Å²) in [5, 5.41) is 15.0. The molecule has 3 aliphatic rings. The number of benzene rings is 2. The van der Waals surface area contributed by atoms with E-state index < -0.39 is 0 Å². The molecule has 1 heterocycles. The molecule has 2 fully saturated rings. The van der Waals surface area contributed by atoms with Gasteiger partial charge in [-0.2, -0.15) is 0 Å². The van der Waals surface area contributed by atoms with Gasteiger partial charge in [0.15, 0.2) is 0 Å². The van der Waals surface area contributed by atoms with Crippen LogP contribution < -0.4 is 5.32 Å². The third-order valence-electron chi connectivity index (χ3n) is 11.0. The molecule has 3 N–H and O–H groups in total. The van der Waals surface area contributed by atoms with Crippen molar-refractivity contribution in [1.82, 2.24) is 10.3 Å². The molecule has 0 aliphatic heterocycles. The Kier molecular flexibility index (Phi) is 7.74. The number of carbonyl (C=O) groups excluding carboxylic acids is 2. The van der Waals surface area contributed by atoms with Crippen molar-refractivity contribution < 1.29 is 14.7 Å². The number of carbonyl (C=O) groups is 2. The first kappa shape index (κ1) is 28.1. The summed E-state index contributed by atoms with van der Waals surface area (Å²) in [4.78, 5) is 29.5. The fraction of sp³-hybridized carbons (Fsp3) is 0.556. The molecule has 1 amide bonds. The highest BCUT2D eigenvalue weighted by Gasteiger charge is 2.58. The van der Waals surface area contributed by atoms with Crippen LogP contribution in [0.1, 0.15) is 98.9 Å². The standard InChI is InChI=1S/C36H46N2O3/c1-4-7-24-18-30-23(19-31(24)39)12-13-29-28(30)14-16-36(3)32(40)20-25(34(29)36)9-6-11-33(41)37-17-15-26-21-38-35-22(2)8-5-10-27(26)35/h5,8,10,18-19,21,25,28-29,34,38-39H,4,6-7,9,11-17,20H2,1-3H3,(H,37,41)/t25?,28?,29?,34?,36-/m1/s1. The van der Waals surface area contributed by atoms with E-state index in [2.05, 4.69) is 61.5 Å². The number of ketones is 1. The lowest BCUT2D eigenvalue weighted by Gasteiger charge is -2.50. The maximum atomic E-state index is 13.4. The third kappa shape index (κ3) is 5.10. The van der Waals surface area contributed by atoms with Crippen molar-refractivity contribution in [3.05, 3.63) is 64.3 Å². The van der Waals surface area contributed by atoms with E-state index >= 15 is 0 Å². The number of nitrogens with one attached hydrogen (secondary N) is 2. The van der Waals surface area contributed by atoms with Gasteiger partial charge in [-0.3, -0.25) is 9.59 Å². The number of para-hydroxylation sites is 1. The van der Waals surface area contributed by atoms with Crippen molar-refractivity contribution in [2.24, 2.45) is 23.2 Å². The SMILES string of the molecule is CCCc1cc2c(cc1O)CCC1C2CC[C@]2(C)C(=O)CC(CCCC(=O)NCCc3c[nH]c4c(C)cccc34)C12. The van der Waals surface area contributed by atoms with Crippen LogP contribution in [-0.4, -0.2) is 28.3 Å². The Hall–Kier alpha value is -3.08. The number of rotatable bonds is 9. The van der Waals surface area contributed by atoms with Crippen molar-refractivity contribution >= 4 is 22.6 Å². The van der Waals surface area contributed by atoms with E-state index in [-0.39, 0.29) is 11.3 Å². The minimum Gasteiger partial charge on any atom is -0.508 e. The van der Waals surface area contributed by atoms with Gasteiger partial charge in [-0.05, 0) is 116 Å². The number of H-pyrrole nitrogens is 1. The number of phenols is 1. The van der Waals surface area contributed by atoms with Gasteiger partial charge in [0.1, 0.15) is 11.5 Å². The molecule has 5 atom stereocenters. The van der Waals surface area contributed by atoms with Crippen LogP contribution in [0.4, 0.5) is 0 Å². The molecule has 218 valence electrons. The minimum absolute atomic E-state index is 0.115. The van der Waals surface area contributed by atoms with Gasteiger partial charge in [0.2, 0.25) is 5.91 Å². The predicted molar refractivity (Wildman–Crippen MR) is 164 cm³/mol. The summed E-state index contributed by atoms with van der Waals surface area (Å²) in [5.41, 5.74) is 7.27. The number of Topliss-reactive ketones (excluding diaryl/α,β-unsaturated/α-hetero) is 1.